The van der Waals surface area contributed by atoms with Gasteiger partial charge in [-0.05, 0) is 24.3 Å². The molecule has 3 rings (SSSR count). The number of alkyl halides is 3. The molecule has 0 aliphatic carbocycles. The number of nitrogens with one attached hydrogen (secondary N) is 2. The summed E-state index contributed by atoms with van der Waals surface area (Å²) in [5, 5.41) is 23.2. The van der Waals surface area contributed by atoms with Gasteiger partial charge in [-0.15, -0.1) is 0 Å². The lowest BCUT2D eigenvalue weighted by atomic mass is 10.1. The molecule has 0 aliphatic heterocycles. The van der Waals surface area contributed by atoms with E-state index >= 15 is 0 Å². The van der Waals surface area contributed by atoms with Gasteiger partial charge in [0, 0.05) is 18.4 Å². The van der Waals surface area contributed by atoms with E-state index in [0.29, 0.717) is 11.3 Å². The summed E-state index contributed by atoms with van der Waals surface area (Å²) < 4.78 is 62.0. The quantitative estimate of drug-likeness (QED) is 0.388. The largest absolute Gasteiger partial charge is 0.405 e. The van der Waals surface area contributed by atoms with Crippen LogP contribution in [0.1, 0.15) is 0 Å². The van der Waals surface area contributed by atoms with Gasteiger partial charge < -0.3 is 20.8 Å². The molecule has 32 heavy (non-hydrogen) atoms. The van der Waals surface area contributed by atoms with E-state index in [-0.39, 0.29) is 34.2 Å². The highest BCUT2D eigenvalue weighted by Crippen LogP contribution is 2.27. The van der Waals surface area contributed by atoms with Crippen molar-refractivity contribution >= 4 is 32.6 Å². The maximum atomic E-state index is 12.8. The lowest BCUT2D eigenvalue weighted by Gasteiger charge is -2.14. The van der Waals surface area contributed by atoms with Crippen molar-refractivity contribution < 1.29 is 31.8 Å². The van der Waals surface area contributed by atoms with Gasteiger partial charge in [-0.25, -0.2) is 18.4 Å². The van der Waals surface area contributed by atoms with E-state index < -0.39 is 35.3 Å². The number of anilines is 2. The van der Waals surface area contributed by atoms with Crippen LogP contribution in [-0.2, 0) is 9.84 Å². The van der Waals surface area contributed by atoms with Crippen LogP contribution in [-0.4, -0.2) is 71.8 Å². The van der Waals surface area contributed by atoms with Crippen molar-refractivity contribution in [2.24, 2.45) is 0 Å². The molecule has 0 saturated heterocycles. The first-order valence-electron chi connectivity index (χ1n) is 9.29. The maximum absolute atomic E-state index is 12.8. The average molecular weight is 471 g/mol. The van der Waals surface area contributed by atoms with E-state index in [1.54, 1.807) is 12.1 Å². The number of benzene rings is 1. The van der Waals surface area contributed by atoms with Crippen LogP contribution in [0.15, 0.2) is 41.3 Å². The molecular formula is C19H20F3N5O4S. The lowest BCUT2D eigenvalue weighted by molar-refractivity contribution is -0.115. The van der Waals surface area contributed by atoms with Crippen molar-refractivity contribution in [3.8, 4) is 11.3 Å². The molecule has 2 heterocycles. The van der Waals surface area contributed by atoms with Crippen molar-refractivity contribution in [3.63, 3.8) is 0 Å². The summed E-state index contributed by atoms with van der Waals surface area (Å²) in [5.41, 5.74) is 1.03. The minimum atomic E-state index is -4.51. The standard InChI is InChI=1S/C19H20F3N5O4S/c1-32(30,31)13-4-2-3-11(7-13)14-5-6-15-16(25-14)17(24-10-19(20,21)22)27-18(26-15)23-8-12(29)9-28/h2-7,12,28-29H,8-10H2,1H3,(H2,23,24,26,27). The fourth-order valence-electron chi connectivity index (χ4n) is 2.72. The molecule has 1 atom stereocenters. The fourth-order valence-corrected chi connectivity index (χ4v) is 3.39. The molecule has 172 valence electrons. The van der Waals surface area contributed by atoms with Crippen molar-refractivity contribution in [1.29, 1.82) is 0 Å². The van der Waals surface area contributed by atoms with Gasteiger partial charge in [-0.1, -0.05) is 12.1 Å². The molecule has 13 heteroatoms. The van der Waals surface area contributed by atoms with E-state index in [4.69, 9.17) is 5.11 Å². The number of hydrogen-bond acceptors (Lipinski definition) is 9. The Morgan fingerprint density at radius 1 is 1.09 bits per heavy atom. The summed E-state index contributed by atoms with van der Waals surface area (Å²) in [6, 6.07) is 9.07. The molecule has 9 nitrogen and oxygen atoms in total. The van der Waals surface area contributed by atoms with Gasteiger partial charge in [-0.2, -0.15) is 18.2 Å². The summed E-state index contributed by atoms with van der Waals surface area (Å²) in [5.74, 6) is -0.266. The minimum Gasteiger partial charge on any atom is -0.394 e. The Bertz CT molecular complexity index is 1220. The van der Waals surface area contributed by atoms with Gasteiger partial charge in [0.2, 0.25) is 5.95 Å². The number of aliphatic hydroxyl groups excluding tert-OH is 2. The van der Waals surface area contributed by atoms with Gasteiger partial charge in [0.15, 0.2) is 15.7 Å². The van der Waals surface area contributed by atoms with Crippen LogP contribution in [0.25, 0.3) is 22.3 Å². The predicted octanol–water partition coefficient (Wildman–Crippen LogP) is 1.83. The first kappa shape index (κ1) is 23.6. The predicted molar refractivity (Wildman–Crippen MR) is 112 cm³/mol. The van der Waals surface area contributed by atoms with Gasteiger partial charge >= 0.3 is 6.18 Å². The highest BCUT2D eigenvalue weighted by molar-refractivity contribution is 7.90. The number of fused-ring (bicyclic) bond motifs is 1. The topological polar surface area (TPSA) is 137 Å². The fraction of sp³-hybridized carbons (Fsp3) is 0.316. The van der Waals surface area contributed by atoms with Gasteiger partial charge in [0.25, 0.3) is 0 Å². The average Bonchev–Trinajstić information content (AvgIpc) is 2.74. The number of halogens is 3. The van der Waals surface area contributed by atoms with Crippen LogP contribution in [0.3, 0.4) is 0 Å². The van der Waals surface area contributed by atoms with Crippen molar-refractivity contribution in [1.82, 2.24) is 15.0 Å². The molecule has 4 N–H and O–H groups in total. The Balaban J connectivity index is 2.06. The smallest absolute Gasteiger partial charge is 0.394 e. The van der Waals surface area contributed by atoms with E-state index in [2.05, 4.69) is 25.6 Å². The lowest BCUT2D eigenvalue weighted by Crippen LogP contribution is -2.25. The molecule has 0 aliphatic rings. The minimum absolute atomic E-state index is 0.0461. The molecule has 2 aromatic heterocycles. The molecule has 1 unspecified atom stereocenters. The Hall–Kier alpha value is -3.03. The Morgan fingerprint density at radius 3 is 2.50 bits per heavy atom. The summed E-state index contributed by atoms with van der Waals surface area (Å²) in [7, 11) is -3.47. The van der Waals surface area contributed by atoms with Gasteiger partial charge in [0.05, 0.1) is 28.8 Å². The van der Waals surface area contributed by atoms with Gasteiger partial charge in [-0.3, -0.25) is 0 Å². The van der Waals surface area contributed by atoms with Crippen LogP contribution >= 0.6 is 0 Å². The van der Waals surface area contributed by atoms with Crippen molar-refractivity contribution in [2.75, 3.05) is 36.6 Å². The Kier molecular flexibility index (Phi) is 6.81. The normalized spacial score (nSPS) is 13.2. The number of rotatable bonds is 8. The van der Waals surface area contributed by atoms with Crippen molar-refractivity contribution in [3.05, 3.63) is 36.4 Å². The van der Waals surface area contributed by atoms with Crippen LogP contribution in [0.4, 0.5) is 24.9 Å². The van der Waals surface area contributed by atoms with Crippen LogP contribution in [0.2, 0.25) is 0 Å². The molecule has 0 fully saturated rings. The third-order valence-electron chi connectivity index (χ3n) is 4.26. The van der Waals surface area contributed by atoms with Gasteiger partial charge in [0.1, 0.15) is 12.1 Å². The molecular weight excluding hydrogens is 451 g/mol. The molecule has 0 saturated carbocycles. The second-order valence-corrected chi connectivity index (χ2v) is 8.96. The number of nitrogens with zero attached hydrogens (tertiary/aromatic N) is 3. The number of pyridine rings is 1. The van der Waals surface area contributed by atoms with E-state index in [9.17, 15) is 26.7 Å². The number of hydrogen-bond donors (Lipinski definition) is 4. The van der Waals surface area contributed by atoms with E-state index in [1.807, 2.05) is 0 Å². The second kappa shape index (κ2) is 9.22. The second-order valence-electron chi connectivity index (χ2n) is 6.95. The summed E-state index contributed by atoms with van der Waals surface area (Å²) in [6.07, 6.45) is -4.56. The number of aromatic nitrogens is 3. The van der Waals surface area contributed by atoms with Crippen LogP contribution < -0.4 is 10.6 Å². The van der Waals surface area contributed by atoms with Crippen LogP contribution in [0, 0.1) is 0 Å². The molecule has 0 amide bonds. The number of sulfone groups is 1. The first-order chi connectivity index (χ1) is 15.0. The summed E-state index contributed by atoms with van der Waals surface area (Å²) in [4.78, 5) is 12.6. The van der Waals surface area contributed by atoms with Crippen molar-refractivity contribution in [2.45, 2.75) is 17.2 Å². The zero-order valence-electron chi connectivity index (χ0n) is 16.8. The molecule has 1 aromatic carbocycles. The third-order valence-corrected chi connectivity index (χ3v) is 5.37. The third kappa shape index (κ3) is 6.02. The number of aliphatic hydroxyl groups is 2. The zero-order valence-corrected chi connectivity index (χ0v) is 17.6. The maximum Gasteiger partial charge on any atom is 0.405 e. The SMILES string of the molecule is CS(=O)(=O)c1cccc(-c2ccc3nc(NCC(O)CO)nc(NCC(F)(F)F)c3n2)c1. The summed E-state index contributed by atoms with van der Waals surface area (Å²) >= 11 is 0. The highest BCUT2D eigenvalue weighted by Gasteiger charge is 2.27. The molecule has 0 spiro atoms. The summed E-state index contributed by atoms with van der Waals surface area (Å²) in [6.45, 7) is -2.00. The Morgan fingerprint density at radius 2 is 1.84 bits per heavy atom. The van der Waals surface area contributed by atoms with E-state index in [1.165, 1.54) is 24.3 Å². The first-order valence-corrected chi connectivity index (χ1v) is 11.2. The molecule has 3 aromatic rings. The highest BCUT2D eigenvalue weighted by atomic mass is 32.2. The van der Waals surface area contributed by atoms with E-state index in [0.717, 1.165) is 6.26 Å². The molecule has 0 bridgehead atoms. The Labute approximate surface area is 181 Å². The van der Waals surface area contributed by atoms with Crippen LogP contribution in [0.5, 0.6) is 0 Å². The molecule has 0 radical (unpaired) electrons. The zero-order chi connectivity index (χ0) is 23.5. The monoisotopic (exact) mass is 471 g/mol.